The van der Waals surface area contributed by atoms with Gasteiger partial charge in [-0.15, -0.1) is 0 Å². The lowest BCUT2D eigenvalue weighted by Crippen LogP contribution is -2.63. The quantitative estimate of drug-likeness (QED) is 0.475. The Morgan fingerprint density at radius 1 is 1.11 bits per heavy atom. The Bertz CT molecular complexity index is 1030. The predicted octanol–water partition coefficient (Wildman–Crippen LogP) is 4.51. The first-order valence-electron chi connectivity index (χ1n) is 14.0. The lowest BCUT2D eigenvalue weighted by Gasteiger charge is -2.61. The van der Waals surface area contributed by atoms with E-state index in [4.69, 9.17) is 9.47 Å². The Hall–Kier alpha value is -2.28. The number of hydrogen-bond acceptors (Lipinski definition) is 7. The second kappa shape index (κ2) is 10.1. The molecule has 4 aliphatic carbocycles. The van der Waals surface area contributed by atoms with E-state index in [-0.39, 0.29) is 42.3 Å². The number of carbonyl (C=O) groups excluding carboxylic acids is 4. The molecule has 8 atom stereocenters. The van der Waals surface area contributed by atoms with Crippen LogP contribution in [0.1, 0.15) is 86.0 Å². The number of allylic oxidation sites excluding steroid dienone is 4. The fraction of sp³-hybridized carbons (Fsp3) is 0.733. The summed E-state index contributed by atoms with van der Waals surface area (Å²) in [5, 5.41) is 11.7. The van der Waals surface area contributed by atoms with Crippen LogP contribution in [0.15, 0.2) is 23.8 Å². The summed E-state index contributed by atoms with van der Waals surface area (Å²) in [6.45, 7) is 9.54. The van der Waals surface area contributed by atoms with E-state index in [2.05, 4.69) is 13.8 Å². The summed E-state index contributed by atoms with van der Waals surface area (Å²) in [5.41, 5.74) is -1.61. The van der Waals surface area contributed by atoms with Gasteiger partial charge in [-0.2, -0.15) is 0 Å². The van der Waals surface area contributed by atoms with E-state index in [1.165, 1.54) is 0 Å². The number of hydrogen-bond donors (Lipinski definition) is 1. The van der Waals surface area contributed by atoms with E-state index in [0.717, 1.165) is 12.0 Å². The second-order valence-electron chi connectivity index (χ2n) is 12.2. The Morgan fingerprint density at radius 3 is 2.46 bits per heavy atom. The van der Waals surface area contributed by atoms with Gasteiger partial charge in [0.15, 0.2) is 18.0 Å². The average molecular weight is 515 g/mol. The molecule has 0 radical (unpaired) electrons. The van der Waals surface area contributed by atoms with Gasteiger partial charge in [-0.05, 0) is 68.4 Å². The van der Waals surface area contributed by atoms with Crippen LogP contribution in [0.3, 0.4) is 0 Å². The molecule has 0 bridgehead atoms. The van der Waals surface area contributed by atoms with Crippen molar-refractivity contribution in [3.05, 3.63) is 23.8 Å². The molecule has 7 heteroatoms. The minimum Gasteiger partial charge on any atom is -0.457 e. The zero-order valence-corrected chi connectivity index (χ0v) is 22.9. The van der Waals surface area contributed by atoms with Gasteiger partial charge >= 0.3 is 11.9 Å². The van der Waals surface area contributed by atoms with Gasteiger partial charge in [0.05, 0.1) is 6.10 Å². The maximum Gasteiger partial charge on any atom is 0.306 e. The number of carbonyl (C=O) groups is 4. The average Bonchev–Trinajstić information content (AvgIpc) is 3.11. The Balaban J connectivity index is 1.71. The molecule has 0 amide bonds. The van der Waals surface area contributed by atoms with Gasteiger partial charge in [0.25, 0.3) is 0 Å². The van der Waals surface area contributed by atoms with Gasteiger partial charge in [-0.25, -0.2) is 0 Å². The Kier molecular flexibility index (Phi) is 7.59. The predicted molar refractivity (Wildman–Crippen MR) is 137 cm³/mol. The molecule has 3 saturated carbocycles. The van der Waals surface area contributed by atoms with Crippen LogP contribution in [-0.4, -0.2) is 46.9 Å². The molecular formula is C30H42O7. The molecule has 0 aliphatic heterocycles. The number of aliphatic hydroxyl groups excluding tert-OH is 1. The third-order valence-electron chi connectivity index (χ3n) is 9.95. The highest BCUT2D eigenvalue weighted by molar-refractivity contribution is 6.01. The zero-order chi connectivity index (χ0) is 27.2. The smallest absolute Gasteiger partial charge is 0.306 e. The minimum atomic E-state index is -1.44. The summed E-state index contributed by atoms with van der Waals surface area (Å²) >= 11 is 0. The highest BCUT2D eigenvalue weighted by Gasteiger charge is 2.70. The van der Waals surface area contributed by atoms with E-state index in [1.807, 2.05) is 26.8 Å². The molecule has 37 heavy (non-hydrogen) atoms. The molecule has 4 aliphatic rings. The van der Waals surface area contributed by atoms with Crippen molar-refractivity contribution < 1.29 is 33.8 Å². The van der Waals surface area contributed by atoms with Crippen molar-refractivity contribution in [2.75, 3.05) is 6.61 Å². The van der Waals surface area contributed by atoms with E-state index in [9.17, 15) is 24.3 Å². The standard InChI is InChI=1S/C30H42O7/c1-6-8-25(34)36-17-24(33)30(37-26(35)9-7-2)13-11-21-20-14-18(3)22-15-19(31)10-12-28(22,4)27(20)23(32)16-29(21,30)5/h10,12,15,18,20-21,23,27,32H,6-9,11,13-14,16-17H2,1-5H3/t18?,20-,21-,23?,27+,28-,29-,30-/m0/s1. The van der Waals surface area contributed by atoms with Crippen molar-refractivity contribution in [2.24, 2.45) is 34.5 Å². The molecule has 204 valence electrons. The summed E-state index contributed by atoms with van der Waals surface area (Å²) in [6.07, 6.45) is 8.32. The fourth-order valence-electron chi connectivity index (χ4n) is 8.41. The number of ketones is 2. The van der Waals surface area contributed by atoms with Crippen molar-refractivity contribution in [2.45, 2.75) is 97.7 Å². The summed E-state index contributed by atoms with van der Waals surface area (Å²) < 4.78 is 11.4. The lowest BCUT2D eigenvalue weighted by atomic mass is 9.44. The van der Waals surface area contributed by atoms with Crippen molar-refractivity contribution >= 4 is 23.5 Å². The van der Waals surface area contributed by atoms with E-state index >= 15 is 0 Å². The van der Waals surface area contributed by atoms with Crippen LogP contribution in [0.2, 0.25) is 0 Å². The molecule has 2 unspecified atom stereocenters. The van der Waals surface area contributed by atoms with Crippen molar-refractivity contribution in [1.82, 2.24) is 0 Å². The van der Waals surface area contributed by atoms with Gasteiger partial charge in [-0.1, -0.05) is 46.3 Å². The van der Waals surface area contributed by atoms with Crippen LogP contribution in [0, 0.1) is 34.5 Å². The summed E-state index contributed by atoms with van der Waals surface area (Å²) in [5.74, 6) is -1.10. The van der Waals surface area contributed by atoms with E-state index in [1.54, 1.807) is 12.2 Å². The molecule has 0 saturated heterocycles. The SMILES string of the molecule is CCCC(=O)OCC(=O)[C@@]1(OC(=O)CCC)CC[C@H]2[C@@H]3CC(C)C4=CC(=O)C=C[C@]4(C)[C@H]3C(O)C[C@@]21C. The van der Waals surface area contributed by atoms with Gasteiger partial charge in [-0.3, -0.25) is 19.2 Å². The summed E-state index contributed by atoms with van der Waals surface area (Å²) in [7, 11) is 0. The lowest BCUT2D eigenvalue weighted by molar-refractivity contribution is -0.202. The van der Waals surface area contributed by atoms with Crippen LogP contribution < -0.4 is 0 Å². The summed E-state index contributed by atoms with van der Waals surface area (Å²) in [4.78, 5) is 51.0. The number of Topliss-reactive ketones (excluding diaryl/α,β-unsaturated/α-hetero) is 1. The molecule has 0 heterocycles. The Labute approximate surface area is 220 Å². The van der Waals surface area contributed by atoms with Crippen molar-refractivity contribution in [3.8, 4) is 0 Å². The first-order valence-corrected chi connectivity index (χ1v) is 14.0. The second-order valence-corrected chi connectivity index (χ2v) is 12.2. The molecular weight excluding hydrogens is 472 g/mol. The molecule has 1 N–H and O–H groups in total. The normalized spacial score (nSPS) is 40.2. The van der Waals surface area contributed by atoms with Gasteiger partial charge < -0.3 is 14.6 Å². The van der Waals surface area contributed by atoms with Crippen LogP contribution in [0.4, 0.5) is 0 Å². The number of ether oxygens (including phenoxy) is 2. The number of esters is 2. The van der Waals surface area contributed by atoms with E-state index in [0.29, 0.717) is 32.1 Å². The third-order valence-corrected chi connectivity index (χ3v) is 9.95. The molecule has 4 rings (SSSR count). The monoisotopic (exact) mass is 514 g/mol. The first-order chi connectivity index (χ1) is 17.4. The topological polar surface area (TPSA) is 107 Å². The molecule has 0 aromatic rings. The van der Waals surface area contributed by atoms with Crippen molar-refractivity contribution in [3.63, 3.8) is 0 Å². The fourth-order valence-corrected chi connectivity index (χ4v) is 8.41. The minimum absolute atomic E-state index is 0.0150. The number of rotatable bonds is 8. The molecule has 0 spiro atoms. The number of aliphatic hydroxyl groups is 1. The van der Waals surface area contributed by atoms with Gasteiger partial charge in [0, 0.05) is 29.6 Å². The third kappa shape index (κ3) is 4.41. The summed E-state index contributed by atoms with van der Waals surface area (Å²) in [6, 6.07) is 0. The number of fused-ring (bicyclic) bond motifs is 5. The first kappa shape index (κ1) is 27.7. The van der Waals surface area contributed by atoms with Crippen molar-refractivity contribution in [1.29, 1.82) is 0 Å². The Morgan fingerprint density at radius 2 is 1.78 bits per heavy atom. The van der Waals surface area contributed by atoms with Gasteiger partial charge in [0.1, 0.15) is 0 Å². The highest BCUT2D eigenvalue weighted by Crippen LogP contribution is 2.68. The molecule has 0 aromatic carbocycles. The molecule has 0 aromatic heterocycles. The maximum atomic E-state index is 13.8. The highest BCUT2D eigenvalue weighted by atomic mass is 16.6. The molecule has 7 nitrogen and oxygen atoms in total. The zero-order valence-electron chi connectivity index (χ0n) is 22.9. The maximum absolute atomic E-state index is 13.8. The van der Waals surface area contributed by atoms with Crippen LogP contribution in [0.5, 0.6) is 0 Å². The van der Waals surface area contributed by atoms with Crippen LogP contribution >= 0.6 is 0 Å². The van der Waals surface area contributed by atoms with Crippen LogP contribution in [0.25, 0.3) is 0 Å². The van der Waals surface area contributed by atoms with E-state index < -0.39 is 46.9 Å². The largest absolute Gasteiger partial charge is 0.457 e. The molecule has 3 fully saturated rings. The van der Waals surface area contributed by atoms with Gasteiger partial charge in [0.2, 0.25) is 5.78 Å². The van der Waals surface area contributed by atoms with Crippen LogP contribution in [-0.2, 0) is 28.7 Å².